The summed E-state index contributed by atoms with van der Waals surface area (Å²) in [5, 5.41) is 3.32. The maximum atomic E-state index is 13.2. The van der Waals surface area contributed by atoms with E-state index in [2.05, 4.69) is 0 Å². The maximum Gasteiger partial charge on any atom is 0.417 e. The van der Waals surface area contributed by atoms with E-state index in [9.17, 15) is 13.2 Å². The molecule has 0 bridgehead atoms. The quantitative estimate of drug-likeness (QED) is 0.448. The number of thiophene rings is 1. The molecule has 3 aromatic rings. The summed E-state index contributed by atoms with van der Waals surface area (Å²) in [6.45, 7) is 0. The van der Waals surface area contributed by atoms with Crippen molar-refractivity contribution in [2.75, 3.05) is 21.3 Å². The van der Waals surface area contributed by atoms with Crippen LogP contribution < -0.4 is 14.2 Å². The summed E-state index contributed by atoms with van der Waals surface area (Å²) < 4.78 is 55.8. The molecule has 0 radical (unpaired) electrons. The first kappa shape index (κ1) is 20.4. The van der Waals surface area contributed by atoms with Gasteiger partial charge >= 0.3 is 6.18 Å². The van der Waals surface area contributed by atoms with Crippen LogP contribution in [0, 0.1) is 0 Å². The fourth-order valence-corrected chi connectivity index (χ4v) is 3.98. The predicted octanol–water partition coefficient (Wildman–Crippen LogP) is 6.78. The highest BCUT2D eigenvalue weighted by Gasteiger charge is 2.33. The summed E-state index contributed by atoms with van der Waals surface area (Å²) in [5.41, 5.74) is 1.69. The van der Waals surface area contributed by atoms with Crippen LogP contribution in [-0.4, -0.2) is 21.3 Å². The van der Waals surface area contributed by atoms with E-state index in [1.54, 1.807) is 23.6 Å². The lowest BCUT2D eigenvalue weighted by Gasteiger charge is -2.15. The normalized spacial score (nSPS) is 11.4. The number of ether oxygens (including phenoxy) is 3. The monoisotopic (exact) mass is 428 g/mol. The van der Waals surface area contributed by atoms with Gasteiger partial charge in [0.1, 0.15) is 0 Å². The average molecular weight is 429 g/mol. The molecule has 1 aromatic heterocycles. The van der Waals surface area contributed by atoms with E-state index < -0.39 is 11.7 Å². The van der Waals surface area contributed by atoms with Crippen molar-refractivity contribution in [1.82, 2.24) is 0 Å². The highest BCUT2D eigenvalue weighted by atomic mass is 35.5. The molecule has 0 amide bonds. The summed E-state index contributed by atoms with van der Waals surface area (Å²) in [7, 11) is 4.51. The van der Waals surface area contributed by atoms with Crippen LogP contribution in [0.25, 0.3) is 22.3 Å². The smallest absolute Gasteiger partial charge is 0.417 e. The third-order valence-corrected chi connectivity index (χ3v) is 5.29. The van der Waals surface area contributed by atoms with Gasteiger partial charge in [-0.05, 0) is 46.2 Å². The van der Waals surface area contributed by atoms with Crippen LogP contribution in [0.4, 0.5) is 13.2 Å². The first-order chi connectivity index (χ1) is 13.3. The fraction of sp³-hybridized carbons (Fsp3) is 0.200. The Hall–Kier alpha value is -2.38. The highest BCUT2D eigenvalue weighted by molar-refractivity contribution is 7.08. The molecule has 0 spiro atoms. The lowest BCUT2D eigenvalue weighted by atomic mass is 9.97. The van der Waals surface area contributed by atoms with E-state index in [1.165, 1.54) is 38.7 Å². The molecule has 3 rings (SSSR count). The van der Waals surface area contributed by atoms with E-state index in [1.807, 2.05) is 5.38 Å². The molecule has 0 N–H and O–H groups in total. The SMILES string of the molecule is COc1cc(-c2cscc2-c2ccc(Cl)c(C(F)(F)F)c2)cc(OC)c1OC. The third-order valence-electron chi connectivity index (χ3n) is 4.22. The molecule has 2 aromatic carbocycles. The first-order valence-corrected chi connectivity index (χ1v) is 9.36. The van der Waals surface area contributed by atoms with Crippen molar-refractivity contribution in [2.45, 2.75) is 6.18 Å². The number of halogens is 4. The molecule has 0 fully saturated rings. The molecule has 0 aliphatic carbocycles. The summed E-state index contributed by atoms with van der Waals surface area (Å²) in [6.07, 6.45) is -4.53. The van der Waals surface area contributed by atoms with Crippen molar-refractivity contribution in [3.8, 4) is 39.5 Å². The second-order valence-corrected chi connectivity index (χ2v) is 6.96. The zero-order valence-electron chi connectivity index (χ0n) is 15.2. The van der Waals surface area contributed by atoms with Gasteiger partial charge in [0.25, 0.3) is 0 Å². The number of alkyl halides is 3. The highest BCUT2D eigenvalue weighted by Crippen LogP contribution is 2.45. The van der Waals surface area contributed by atoms with Crippen LogP contribution in [0.2, 0.25) is 5.02 Å². The van der Waals surface area contributed by atoms with Gasteiger partial charge in [-0.15, -0.1) is 0 Å². The van der Waals surface area contributed by atoms with Crippen LogP contribution >= 0.6 is 22.9 Å². The van der Waals surface area contributed by atoms with E-state index in [0.717, 1.165) is 17.2 Å². The predicted molar refractivity (Wildman–Crippen MR) is 105 cm³/mol. The molecule has 0 aliphatic heterocycles. The minimum Gasteiger partial charge on any atom is -0.493 e. The second-order valence-electron chi connectivity index (χ2n) is 5.81. The Morgan fingerprint density at radius 2 is 1.39 bits per heavy atom. The molecule has 28 heavy (non-hydrogen) atoms. The maximum absolute atomic E-state index is 13.2. The molecule has 0 saturated carbocycles. The van der Waals surface area contributed by atoms with Gasteiger partial charge in [-0.2, -0.15) is 24.5 Å². The van der Waals surface area contributed by atoms with Gasteiger partial charge in [0.05, 0.1) is 31.9 Å². The van der Waals surface area contributed by atoms with E-state index in [-0.39, 0.29) is 5.02 Å². The Morgan fingerprint density at radius 1 is 0.821 bits per heavy atom. The van der Waals surface area contributed by atoms with E-state index in [0.29, 0.717) is 28.4 Å². The zero-order valence-corrected chi connectivity index (χ0v) is 16.8. The van der Waals surface area contributed by atoms with Crippen LogP contribution in [0.15, 0.2) is 41.1 Å². The first-order valence-electron chi connectivity index (χ1n) is 8.03. The summed E-state index contributed by atoms with van der Waals surface area (Å²) >= 11 is 7.13. The number of benzene rings is 2. The minimum absolute atomic E-state index is 0.333. The largest absolute Gasteiger partial charge is 0.493 e. The summed E-state index contributed by atoms with van der Waals surface area (Å²) in [5.74, 6) is 1.36. The molecule has 1 heterocycles. The van der Waals surface area contributed by atoms with Crippen LogP contribution in [0.5, 0.6) is 17.2 Å². The minimum atomic E-state index is -4.53. The van der Waals surface area contributed by atoms with Crippen molar-refractivity contribution >= 4 is 22.9 Å². The van der Waals surface area contributed by atoms with Crippen LogP contribution in [0.3, 0.4) is 0 Å². The third kappa shape index (κ3) is 3.77. The number of hydrogen-bond acceptors (Lipinski definition) is 4. The summed E-state index contributed by atoms with van der Waals surface area (Å²) in [4.78, 5) is 0. The Kier molecular flexibility index (Phi) is 5.76. The molecule has 148 valence electrons. The van der Waals surface area contributed by atoms with Crippen LogP contribution in [0.1, 0.15) is 5.56 Å². The fourth-order valence-electron chi connectivity index (χ4n) is 2.89. The number of methoxy groups -OCH3 is 3. The van der Waals surface area contributed by atoms with Gasteiger partial charge in [-0.1, -0.05) is 17.7 Å². The van der Waals surface area contributed by atoms with E-state index >= 15 is 0 Å². The Morgan fingerprint density at radius 3 is 1.89 bits per heavy atom. The Balaban J connectivity index is 2.16. The van der Waals surface area contributed by atoms with Crippen molar-refractivity contribution in [1.29, 1.82) is 0 Å². The van der Waals surface area contributed by atoms with Crippen molar-refractivity contribution in [3.63, 3.8) is 0 Å². The molecule has 0 aliphatic rings. The van der Waals surface area contributed by atoms with Gasteiger partial charge < -0.3 is 14.2 Å². The van der Waals surface area contributed by atoms with Gasteiger partial charge in [0.2, 0.25) is 5.75 Å². The number of rotatable bonds is 5. The molecule has 0 atom stereocenters. The van der Waals surface area contributed by atoms with E-state index in [4.69, 9.17) is 25.8 Å². The van der Waals surface area contributed by atoms with Crippen LogP contribution in [-0.2, 0) is 6.18 Å². The topological polar surface area (TPSA) is 27.7 Å². The molecule has 8 heteroatoms. The van der Waals surface area contributed by atoms with Gasteiger partial charge in [-0.3, -0.25) is 0 Å². The Labute approximate surface area is 169 Å². The zero-order chi connectivity index (χ0) is 20.5. The van der Waals surface area contributed by atoms with Crippen molar-refractivity contribution < 1.29 is 27.4 Å². The van der Waals surface area contributed by atoms with Gasteiger partial charge in [0.15, 0.2) is 11.5 Å². The molecule has 0 unspecified atom stereocenters. The average Bonchev–Trinajstić information content (AvgIpc) is 3.16. The molecule has 3 nitrogen and oxygen atoms in total. The standard InChI is InChI=1S/C20H16ClF3O3S/c1-25-17-7-12(8-18(26-2)19(17)27-3)14-10-28-9-13(14)11-4-5-16(21)15(6-11)20(22,23)24/h4-10H,1-3H3. The molecular weight excluding hydrogens is 413 g/mol. The number of hydrogen-bond donors (Lipinski definition) is 0. The van der Waals surface area contributed by atoms with Gasteiger partial charge in [0, 0.05) is 11.1 Å². The molecule has 0 saturated heterocycles. The lowest BCUT2D eigenvalue weighted by molar-refractivity contribution is -0.137. The van der Waals surface area contributed by atoms with Crippen molar-refractivity contribution in [3.05, 3.63) is 51.7 Å². The van der Waals surface area contributed by atoms with Crippen molar-refractivity contribution in [2.24, 2.45) is 0 Å². The Bertz CT molecular complexity index is 974. The summed E-state index contributed by atoms with van der Waals surface area (Å²) in [6, 6.07) is 7.41. The lowest BCUT2D eigenvalue weighted by Crippen LogP contribution is -2.05. The van der Waals surface area contributed by atoms with Gasteiger partial charge in [-0.25, -0.2) is 0 Å². The second kappa shape index (κ2) is 7.93. The molecular formula is C20H16ClF3O3S.